The van der Waals surface area contributed by atoms with Gasteiger partial charge in [0.1, 0.15) is 22.8 Å². The van der Waals surface area contributed by atoms with E-state index in [4.69, 9.17) is 23.7 Å². The summed E-state index contributed by atoms with van der Waals surface area (Å²) in [4.78, 5) is 25.7. The number of ether oxygens (including phenoxy) is 5. The molecule has 0 aromatic heterocycles. The van der Waals surface area contributed by atoms with Crippen LogP contribution >= 0.6 is 0 Å². The highest BCUT2D eigenvalue weighted by atomic mass is 16.7. The number of methoxy groups -OCH3 is 4. The Morgan fingerprint density at radius 2 is 1.72 bits per heavy atom. The van der Waals surface area contributed by atoms with Gasteiger partial charge in [0.05, 0.1) is 20.6 Å². The minimum atomic E-state index is -1.66. The quantitative estimate of drug-likeness (QED) is 0.769. The molecule has 1 unspecified atom stereocenters. The summed E-state index contributed by atoms with van der Waals surface area (Å²) in [6, 6.07) is 3.17. The van der Waals surface area contributed by atoms with Crippen LogP contribution in [0.5, 0.6) is 17.2 Å². The Balaban J connectivity index is 2.24. The summed E-state index contributed by atoms with van der Waals surface area (Å²) in [5.41, 5.74) is -0.969. The molecule has 1 spiro atoms. The van der Waals surface area contributed by atoms with Crippen molar-refractivity contribution in [3.8, 4) is 17.2 Å². The van der Waals surface area contributed by atoms with Crippen molar-refractivity contribution in [1.29, 1.82) is 0 Å². The van der Waals surface area contributed by atoms with E-state index in [-0.39, 0.29) is 23.5 Å². The number of hydrogen-bond donors (Lipinski definition) is 0. The lowest BCUT2D eigenvalue weighted by Crippen LogP contribution is -2.64. The molecule has 1 atom stereocenters. The van der Waals surface area contributed by atoms with Crippen LogP contribution in [-0.4, -0.2) is 51.4 Å². The van der Waals surface area contributed by atoms with Crippen LogP contribution in [0.4, 0.5) is 0 Å². The number of rotatable bonds is 4. The average molecular weight is 348 g/mol. The predicted molar refractivity (Wildman–Crippen MR) is 87.4 cm³/mol. The molecule has 3 rings (SSSR count). The summed E-state index contributed by atoms with van der Waals surface area (Å²) < 4.78 is 27.7. The van der Waals surface area contributed by atoms with Crippen LogP contribution in [-0.2, 0) is 14.3 Å². The molecule has 0 saturated heterocycles. The van der Waals surface area contributed by atoms with Crippen molar-refractivity contribution in [1.82, 2.24) is 0 Å². The number of hydrogen-bond acceptors (Lipinski definition) is 7. The maximum Gasteiger partial charge on any atom is 0.237 e. The number of fused-ring (bicyclic) bond motifs is 1. The maximum atomic E-state index is 13.4. The lowest BCUT2D eigenvalue weighted by Gasteiger charge is -2.44. The van der Waals surface area contributed by atoms with Gasteiger partial charge in [0.15, 0.2) is 5.78 Å². The van der Waals surface area contributed by atoms with Crippen LogP contribution in [0.15, 0.2) is 23.8 Å². The molecule has 1 aliphatic heterocycles. The minimum absolute atomic E-state index is 0.198. The zero-order chi connectivity index (χ0) is 18.4. The summed E-state index contributed by atoms with van der Waals surface area (Å²) in [6.45, 7) is 1.65. The van der Waals surface area contributed by atoms with Crippen LogP contribution < -0.4 is 14.2 Å². The Labute approximate surface area is 145 Å². The zero-order valence-electron chi connectivity index (χ0n) is 14.8. The largest absolute Gasteiger partial charge is 0.496 e. The van der Waals surface area contributed by atoms with Crippen LogP contribution in [0.1, 0.15) is 23.7 Å². The molecule has 0 N–H and O–H groups in total. The van der Waals surface area contributed by atoms with Gasteiger partial charge in [-0.05, 0) is 18.6 Å². The Morgan fingerprint density at radius 1 is 1.04 bits per heavy atom. The summed E-state index contributed by atoms with van der Waals surface area (Å²) >= 11 is 0. The SMILES string of the molecule is COc1cc(OC)c2c(c1)OC1(CC(=O)C(C)=CC1(OC)OC)C2=O. The molecule has 0 fully saturated rings. The van der Waals surface area contributed by atoms with E-state index < -0.39 is 17.2 Å². The highest BCUT2D eigenvalue weighted by molar-refractivity contribution is 6.14. The van der Waals surface area contributed by atoms with Crippen LogP contribution in [0, 0.1) is 0 Å². The van der Waals surface area contributed by atoms with E-state index in [9.17, 15) is 9.59 Å². The van der Waals surface area contributed by atoms with Crippen molar-refractivity contribution in [2.75, 3.05) is 28.4 Å². The molecule has 0 bridgehead atoms. The average Bonchev–Trinajstić information content (AvgIpc) is 2.90. The first kappa shape index (κ1) is 17.4. The van der Waals surface area contributed by atoms with Gasteiger partial charge in [-0.15, -0.1) is 0 Å². The van der Waals surface area contributed by atoms with Crippen LogP contribution in [0.3, 0.4) is 0 Å². The first-order valence-electron chi connectivity index (χ1n) is 7.71. The number of ketones is 2. The van der Waals surface area contributed by atoms with Crippen molar-refractivity contribution < 1.29 is 33.3 Å². The number of carbonyl (C=O) groups is 2. The van der Waals surface area contributed by atoms with Crippen molar-refractivity contribution in [2.45, 2.75) is 24.7 Å². The molecule has 0 radical (unpaired) electrons. The van der Waals surface area contributed by atoms with E-state index in [2.05, 4.69) is 0 Å². The van der Waals surface area contributed by atoms with Crippen molar-refractivity contribution in [2.24, 2.45) is 0 Å². The first-order chi connectivity index (χ1) is 11.9. The second kappa shape index (κ2) is 5.86. The number of benzene rings is 1. The van der Waals surface area contributed by atoms with Gasteiger partial charge < -0.3 is 23.7 Å². The van der Waals surface area contributed by atoms with E-state index in [1.165, 1.54) is 34.5 Å². The van der Waals surface area contributed by atoms with E-state index >= 15 is 0 Å². The van der Waals surface area contributed by atoms with Crippen molar-refractivity contribution >= 4 is 11.6 Å². The third-order valence-corrected chi connectivity index (χ3v) is 4.80. The van der Waals surface area contributed by atoms with Gasteiger partial charge in [0.25, 0.3) is 0 Å². The molecule has 0 saturated carbocycles. The summed E-state index contributed by atoms with van der Waals surface area (Å²) in [5, 5.41) is 0. The van der Waals surface area contributed by atoms with E-state index in [0.717, 1.165) is 0 Å². The second-order valence-corrected chi connectivity index (χ2v) is 5.96. The van der Waals surface area contributed by atoms with Gasteiger partial charge in [-0.3, -0.25) is 9.59 Å². The van der Waals surface area contributed by atoms with E-state index in [0.29, 0.717) is 17.1 Å². The molecule has 1 heterocycles. The van der Waals surface area contributed by atoms with E-state index in [1.807, 2.05) is 0 Å². The Morgan fingerprint density at radius 3 is 2.28 bits per heavy atom. The Bertz CT molecular complexity index is 776. The molecule has 0 amide bonds. The molecular formula is C18H20O7. The lowest BCUT2D eigenvalue weighted by atomic mass is 9.76. The fourth-order valence-electron chi connectivity index (χ4n) is 3.43. The van der Waals surface area contributed by atoms with E-state index in [1.54, 1.807) is 19.1 Å². The van der Waals surface area contributed by atoms with Gasteiger partial charge in [-0.25, -0.2) is 0 Å². The molecule has 134 valence electrons. The first-order valence-corrected chi connectivity index (χ1v) is 7.71. The summed E-state index contributed by atoms with van der Waals surface area (Å²) in [7, 11) is 5.76. The molecular weight excluding hydrogens is 328 g/mol. The molecule has 7 nitrogen and oxygen atoms in total. The predicted octanol–water partition coefficient (Wildman–Crippen LogP) is 1.93. The van der Waals surface area contributed by atoms with Gasteiger partial charge in [0, 0.05) is 26.4 Å². The normalized spacial score (nSPS) is 24.0. The molecule has 7 heteroatoms. The highest BCUT2D eigenvalue weighted by Gasteiger charge is 2.66. The molecule has 1 aromatic rings. The van der Waals surface area contributed by atoms with Gasteiger partial charge >= 0.3 is 0 Å². The number of carbonyl (C=O) groups excluding carboxylic acids is 2. The molecule has 1 aromatic carbocycles. The maximum absolute atomic E-state index is 13.4. The Hall–Kier alpha value is -2.38. The lowest BCUT2D eigenvalue weighted by molar-refractivity contribution is -0.245. The fourth-order valence-corrected chi connectivity index (χ4v) is 3.43. The fraction of sp³-hybridized carbons (Fsp3) is 0.444. The van der Waals surface area contributed by atoms with Crippen LogP contribution in [0.2, 0.25) is 0 Å². The molecule has 2 aliphatic rings. The summed E-state index contributed by atoms with van der Waals surface area (Å²) in [5.74, 6) is -1.13. The zero-order valence-corrected chi connectivity index (χ0v) is 14.8. The Kier molecular flexibility index (Phi) is 4.09. The smallest absolute Gasteiger partial charge is 0.237 e. The number of Topliss-reactive ketones (excluding diaryl/α,β-unsaturated/α-hetero) is 2. The molecule has 25 heavy (non-hydrogen) atoms. The van der Waals surface area contributed by atoms with Gasteiger partial charge in [0.2, 0.25) is 17.2 Å². The monoisotopic (exact) mass is 348 g/mol. The minimum Gasteiger partial charge on any atom is -0.496 e. The van der Waals surface area contributed by atoms with Crippen molar-refractivity contribution in [3.63, 3.8) is 0 Å². The standard InChI is InChI=1S/C18H20O7/c1-10-8-18(23-4,24-5)17(9-12(10)19)16(20)15-13(22-3)6-11(21-2)7-14(15)25-17/h6-8H,9H2,1-5H3. The third-order valence-electron chi connectivity index (χ3n) is 4.80. The molecule has 1 aliphatic carbocycles. The third kappa shape index (κ3) is 2.19. The topological polar surface area (TPSA) is 80.3 Å². The van der Waals surface area contributed by atoms with Gasteiger partial charge in [-0.1, -0.05) is 0 Å². The highest BCUT2D eigenvalue weighted by Crippen LogP contribution is 2.51. The van der Waals surface area contributed by atoms with Gasteiger partial charge in [-0.2, -0.15) is 0 Å². The van der Waals surface area contributed by atoms with Crippen molar-refractivity contribution in [3.05, 3.63) is 29.3 Å². The number of allylic oxidation sites excluding steroid dienone is 1. The summed E-state index contributed by atoms with van der Waals surface area (Å²) in [6.07, 6.45) is 1.29. The second-order valence-electron chi connectivity index (χ2n) is 5.96. The van der Waals surface area contributed by atoms with Crippen LogP contribution in [0.25, 0.3) is 0 Å².